The van der Waals surface area contributed by atoms with Crippen molar-refractivity contribution >= 4 is 86.7 Å². The van der Waals surface area contributed by atoms with E-state index in [1.54, 1.807) is 0 Å². The molecule has 0 atom stereocenters. The molecule has 276 valence electrons. The van der Waals surface area contributed by atoms with Crippen LogP contribution in [0.1, 0.15) is 0 Å². The third-order valence-corrected chi connectivity index (χ3v) is 13.4. The van der Waals surface area contributed by atoms with Crippen LogP contribution in [0.5, 0.6) is 0 Å². The van der Waals surface area contributed by atoms with Crippen molar-refractivity contribution in [2.24, 2.45) is 0 Å². The Morgan fingerprint density at radius 2 is 0.717 bits per heavy atom. The van der Waals surface area contributed by atoms with E-state index in [9.17, 15) is 0 Å². The summed E-state index contributed by atoms with van der Waals surface area (Å²) in [5, 5.41) is 15.4. The molecule has 13 aromatic rings. The van der Waals surface area contributed by atoms with Crippen molar-refractivity contribution in [1.29, 1.82) is 0 Å². The summed E-state index contributed by atoms with van der Waals surface area (Å²) in [6.45, 7) is 0. The van der Waals surface area contributed by atoms with Crippen molar-refractivity contribution in [1.82, 2.24) is 9.13 Å². The van der Waals surface area contributed by atoms with Gasteiger partial charge in [0.25, 0.3) is 0 Å². The molecule has 2 nitrogen and oxygen atoms in total. The van der Waals surface area contributed by atoms with Crippen molar-refractivity contribution in [2.45, 2.75) is 0 Å². The van der Waals surface area contributed by atoms with E-state index in [0.717, 1.165) is 0 Å². The molecule has 0 radical (unpaired) electrons. The normalized spacial score (nSPS) is 12.3. The second-order valence-corrected chi connectivity index (χ2v) is 16.4. The molecule has 14 rings (SSSR count). The van der Waals surface area contributed by atoms with Crippen LogP contribution in [-0.2, 0) is 0 Å². The Bertz CT molecular complexity index is 3940. The molecule has 1 aliphatic carbocycles. The highest BCUT2D eigenvalue weighted by atomic mass is 15.0. The van der Waals surface area contributed by atoms with Gasteiger partial charge in [0.15, 0.2) is 0 Å². The van der Waals surface area contributed by atoms with Gasteiger partial charge in [0, 0.05) is 32.6 Å². The van der Waals surface area contributed by atoms with Crippen molar-refractivity contribution in [3.05, 3.63) is 206 Å². The lowest BCUT2D eigenvalue weighted by atomic mass is 9.94. The highest BCUT2D eigenvalue weighted by Crippen LogP contribution is 2.49. The predicted molar refractivity (Wildman–Crippen MR) is 255 cm³/mol. The van der Waals surface area contributed by atoms with Crippen LogP contribution in [0.25, 0.3) is 131 Å². The number of rotatable bonds is 3. The Balaban J connectivity index is 0.972. The summed E-state index contributed by atoms with van der Waals surface area (Å²) >= 11 is 0. The van der Waals surface area contributed by atoms with Crippen LogP contribution in [0.4, 0.5) is 0 Å². The minimum absolute atomic E-state index is 1.17. The van der Waals surface area contributed by atoms with Crippen LogP contribution in [0.2, 0.25) is 0 Å². The third kappa shape index (κ3) is 4.22. The first-order valence-electron chi connectivity index (χ1n) is 20.8. The zero-order chi connectivity index (χ0) is 39.1. The van der Waals surface area contributed by atoms with Crippen LogP contribution in [0.15, 0.2) is 206 Å². The molecule has 2 heteroatoms. The Morgan fingerprint density at radius 1 is 0.233 bits per heavy atom. The quantitative estimate of drug-likeness (QED) is 0.159. The van der Waals surface area contributed by atoms with Crippen LogP contribution < -0.4 is 0 Å². The monoisotopic (exact) mass is 758 g/mol. The van der Waals surface area contributed by atoms with E-state index in [1.807, 2.05) is 0 Å². The first kappa shape index (κ1) is 32.1. The molecule has 0 fully saturated rings. The number of para-hydroxylation sites is 2. The van der Waals surface area contributed by atoms with E-state index < -0.39 is 0 Å². The van der Waals surface area contributed by atoms with Gasteiger partial charge in [-0.3, -0.25) is 0 Å². The van der Waals surface area contributed by atoms with Gasteiger partial charge in [0.1, 0.15) is 0 Å². The lowest BCUT2D eigenvalue weighted by molar-refractivity contribution is 1.19. The maximum Gasteiger partial charge on any atom is 0.0547 e. The van der Waals surface area contributed by atoms with E-state index >= 15 is 0 Å². The van der Waals surface area contributed by atoms with Gasteiger partial charge < -0.3 is 9.13 Å². The minimum atomic E-state index is 1.17. The van der Waals surface area contributed by atoms with Gasteiger partial charge in [-0.1, -0.05) is 158 Å². The largest absolute Gasteiger partial charge is 0.309 e. The molecule has 0 bridgehead atoms. The maximum absolute atomic E-state index is 2.50. The van der Waals surface area contributed by atoms with Gasteiger partial charge in [-0.25, -0.2) is 0 Å². The lowest BCUT2D eigenvalue weighted by Gasteiger charge is -2.14. The molecule has 0 aliphatic heterocycles. The Hall–Kier alpha value is -7.94. The van der Waals surface area contributed by atoms with Crippen molar-refractivity contribution < 1.29 is 0 Å². The zero-order valence-corrected chi connectivity index (χ0v) is 32.5. The molecule has 0 unspecified atom stereocenters. The standard InChI is InChI=1S/C58H34N2/c1-2-14-40-38(12-1)39-13-3-6-17-43(39)51-34-37(26-28-44(40)51)59-53-22-9-8-19-46(53)52-32-35(25-30-56(52)59)36-24-27-47-45-18-7-10-23-54(45)60(57(47)33-36)55-31-29-49-42-16-5-4-15-41(42)48-20-11-21-50(55)58(48)49/h1-34H. The molecule has 0 N–H and O–H groups in total. The highest BCUT2D eigenvalue weighted by Gasteiger charge is 2.24. The molecule has 2 aromatic heterocycles. The molecule has 0 saturated carbocycles. The molecule has 2 heterocycles. The Labute approximate surface area is 345 Å². The van der Waals surface area contributed by atoms with Crippen LogP contribution in [0.3, 0.4) is 0 Å². The summed E-state index contributed by atoms with van der Waals surface area (Å²) in [4.78, 5) is 0. The summed E-state index contributed by atoms with van der Waals surface area (Å²) < 4.78 is 4.95. The first-order chi connectivity index (χ1) is 29.8. The van der Waals surface area contributed by atoms with Crippen molar-refractivity contribution in [3.63, 3.8) is 0 Å². The van der Waals surface area contributed by atoms with E-state index in [0.29, 0.717) is 0 Å². The number of hydrogen-bond donors (Lipinski definition) is 0. The Morgan fingerprint density at radius 3 is 1.45 bits per heavy atom. The lowest BCUT2D eigenvalue weighted by Crippen LogP contribution is -1.96. The SMILES string of the molecule is c1ccc2c(c1)-c1cccc3c(-n4c5ccccc5c5ccc(-c6ccc7c(c6)c6ccccc6n7-c6ccc7c8ccccc8c8ccccc8c7c6)cc54)ccc-2c13. The average molecular weight is 759 g/mol. The maximum atomic E-state index is 2.50. The fourth-order valence-electron chi connectivity index (χ4n) is 10.9. The topological polar surface area (TPSA) is 9.86 Å². The fraction of sp³-hybridized carbons (Fsp3) is 0. The van der Waals surface area contributed by atoms with E-state index in [1.165, 1.54) is 131 Å². The van der Waals surface area contributed by atoms with Crippen molar-refractivity contribution in [3.8, 4) is 44.8 Å². The first-order valence-corrected chi connectivity index (χ1v) is 20.8. The molecule has 1 aliphatic rings. The van der Waals surface area contributed by atoms with Crippen molar-refractivity contribution in [2.75, 3.05) is 0 Å². The predicted octanol–water partition coefficient (Wildman–Crippen LogP) is 15.8. The Kier molecular flexibility index (Phi) is 6.32. The average Bonchev–Trinajstić information content (AvgIpc) is 3.95. The molecule has 0 spiro atoms. The smallest absolute Gasteiger partial charge is 0.0547 e. The number of aromatic nitrogens is 2. The van der Waals surface area contributed by atoms with Crippen LogP contribution in [-0.4, -0.2) is 9.13 Å². The van der Waals surface area contributed by atoms with Gasteiger partial charge in [-0.05, 0) is 120 Å². The highest BCUT2D eigenvalue weighted by molar-refractivity contribution is 6.26. The van der Waals surface area contributed by atoms with Gasteiger partial charge in [0.2, 0.25) is 0 Å². The van der Waals surface area contributed by atoms with E-state index in [-0.39, 0.29) is 0 Å². The minimum Gasteiger partial charge on any atom is -0.309 e. The van der Waals surface area contributed by atoms with Gasteiger partial charge in [-0.2, -0.15) is 0 Å². The number of hydrogen-bond acceptors (Lipinski definition) is 0. The van der Waals surface area contributed by atoms with Crippen LogP contribution >= 0.6 is 0 Å². The number of nitrogens with zero attached hydrogens (tertiary/aromatic N) is 2. The zero-order valence-electron chi connectivity index (χ0n) is 32.5. The fourth-order valence-corrected chi connectivity index (χ4v) is 10.9. The van der Waals surface area contributed by atoms with Gasteiger partial charge in [0.05, 0.1) is 27.8 Å². The van der Waals surface area contributed by atoms with Gasteiger partial charge in [-0.15, -0.1) is 0 Å². The second kappa shape index (κ2) is 11.8. The third-order valence-electron chi connectivity index (χ3n) is 13.4. The number of fused-ring (bicyclic) bond motifs is 15. The molecule has 0 saturated heterocycles. The van der Waals surface area contributed by atoms with E-state index in [4.69, 9.17) is 0 Å². The van der Waals surface area contributed by atoms with Crippen LogP contribution in [0, 0.1) is 0 Å². The second-order valence-electron chi connectivity index (χ2n) is 16.4. The number of benzene rings is 11. The molecule has 60 heavy (non-hydrogen) atoms. The van der Waals surface area contributed by atoms with E-state index in [2.05, 4.69) is 215 Å². The molecule has 0 amide bonds. The summed E-state index contributed by atoms with van der Waals surface area (Å²) in [5.41, 5.74) is 14.9. The summed E-state index contributed by atoms with van der Waals surface area (Å²) in [7, 11) is 0. The summed E-state index contributed by atoms with van der Waals surface area (Å²) in [5.74, 6) is 0. The summed E-state index contributed by atoms with van der Waals surface area (Å²) in [6.07, 6.45) is 0. The molecular weight excluding hydrogens is 725 g/mol. The summed E-state index contributed by atoms with van der Waals surface area (Å²) in [6, 6.07) is 76.8. The molecule has 11 aromatic carbocycles. The van der Waals surface area contributed by atoms with Gasteiger partial charge >= 0.3 is 0 Å². The molecular formula is C58H34N2.